The smallest absolute Gasteiger partial charge is 0.121 e. The Morgan fingerprint density at radius 2 is 2.00 bits per heavy atom. The van der Waals surface area contributed by atoms with Crippen molar-refractivity contribution in [3.8, 4) is 5.75 Å². The van der Waals surface area contributed by atoms with Crippen molar-refractivity contribution < 1.29 is 10.2 Å². The van der Waals surface area contributed by atoms with Gasteiger partial charge in [-0.25, -0.2) is 0 Å². The molecule has 0 bridgehead atoms. The molecule has 0 saturated heterocycles. The van der Waals surface area contributed by atoms with Crippen LogP contribution in [-0.2, 0) is 5.60 Å². The Morgan fingerprint density at radius 1 is 1.43 bits per heavy atom. The van der Waals surface area contributed by atoms with Gasteiger partial charge in [-0.15, -0.1) is 6.58 Å². The number of phenolic OH excluding ortho intramolecular Hbond substituents is 1. The molecule has 1 aromatic rings. The molecule has 0 amide bonds. The number of para-hydroxylation sites is 1. The maximum absolute atomic E-state index is 10.2. The standard InChI is InChI=1S/C12H16O2/c1-4-9(2)12(3,14)10-7-5-6-8-11(10)13/h4-9,13-14H,1H2,2-3H3/t9-,12+/m0/s1. The average Bonchev–Trinajstić information content (AvgIpc) is 2.17. The first kappa shape index (κ1) is 10.8. The average molecular weight is 192 g/mol. The van der Waals surface area contributed by atoms with Crippen LogP contribution in [0.1, 0.15) is 19.4 Å². The van der Waals surface area contributed by atoms with E-state index in [0.717, 1.165) is 0 Å². The number of aromatic hydroxyl groups is 1. The van der Waals surface area contributed by atoms with E-state index in [1.165, 1.54) is 0 Å². The second-order valence-electron chi connectivity index (χ2n) is 3.69. The van der Waals surface area contributed by atoms with Crippen LogP contribution >= 0.6 is 0 Å². The summed E-state index contributed by atoms with van der Waals surface area (Å²) in [6.07, 6.45) is 1.67. The zero-order chi connectivity index (χ0) is 10.8. The molecule has 0 radical (unpaired) electrons. The van der Waals surface area contributed by atoms with Crippen molar-refractivity contribution in [1.29, 1.82) is 0 Å². The minimum absolute atomic E-state index is 0.115. The fraction of sp³-hybridized carbons (Fsp3) is 0.333. The third kappa shape index (κ3) is 1.80. The highest BCUT2D eigenvalue weighted by Gasteiger charge is 2.30. The lowest BCUT2D eigenvalue weighted by Gasteiger charge is -2.29. The largest absolute Gasteiger partial charge is 0.508 e. The molecule has 2 heteroatoms. The Labute approximate surface area is 84.5 Å². The Bertz CT molecular complexity index is 329. The van der Waals surface area contributed by atoms with Gasteiger partial charge in [0.05, 0.1) is 5.60 Å². The van der Waals surface area contributed by atoms with Crippen molar-refractivity contribution in [2.45, 2.75) is 19.4 Å². The second-order valence-corrected chi connectivity index (χ2v) is 3.69. The number of aliphatic hydroxyl groups is 1. The van der Waals surface area contributed by atoms with E-state index >= 15 is 0 Å². The van der Waals surface area contributed by atoms with E-state index in [1.54, 1.807) is 37.3 Å². The molecule has 14 heavy (non-hydrogen) atoms. The number of phenols is 1. The predicted molar refractivity (Wildman–Crippen MR) is 57.0 cm³/mol. The summed E-state index contributed by atoms with van der Waals surface area (Å²) in [6.45, 7) is 7.18. The third-order valence-electron chi connectivity index (χ3n) is 2.69. The highest BCUT2D eigenvalue weighted by atomic mass is 16.3. The van der Waals surface area contributed by atoms with Crippen molar-refractivity contribution in [3.05, 3.63) is 42.5 Å². The zero-order valence-electron chi connectivity index (χ0n) is 8.57. The Balaban J connectivity index is 3.15. The van der Waals surface area contributed by atoms with Gasteiger partial charge in [-0.3, -0.25) is 0 Å². The molecule has 2 N–H and O–H groups in total. The SMILES string of the molecule is C=C[C@H](C)[C@@](C)(O)c1ccccc1O. The number of benzene rings is 1. The van der Waals surface area contributed by atoms with Crippen molar-refractivity contribution >= 4 is 0 Å². The molecule has 1 rings (SSSR count). The molecule has 0 heterocycles. The van der Waals surface area contributed by atoms with Crippen LogP contribution in [0, 0.1) is 5.92 Å². The van der Waals surface area contributed by atoms with Crippen LogP contribution in [0.5, 0.6) is 5.75 Å². The van der Waals surface area contributed by atoms with Gasteiger partial charge in [-0.2, -0.15) is 0 Å². The van der Waals surface area contributed by atoms with Gasteiger partial charge in [0.2, 0.25) is 0 Å². The van der Waals surface area contributed by atoms with Crippen LogP contribution < -0.4 is 0 Å². The minimum atomic E-state index is -1.08. The van der Waals surface area contributed by atoms with Gasteiger partial charge in [-0.1, -0.05) is 31.2 Å². The van der Waals surface area contributed by atoms with Crippen molar-refractivity contribution in [2.75, 3.05) is 0 Å². The molecule has 76 valence electrons. The fourth-order valence-electron chi connectivity index (χ4n) is 1.38. The maximum atomic E-state index is 10.2. The van der Waals surface area contributed by atoms with Gasteiger partial charge in [-0.05, 0) is 13.0 Å². The summed E-state index contributed by atoms with van der Waals surface area (Å²) in [5.41, 5.74) is -0.542. The molecule has 0 fully saturated rings. The molecular weight excluding hydrogens is 176 g/mol. The summed E-state index contributed by atoms with van der Waals surface area (Å²) in [4.78, 5) is 0. The van der Waals surface area contributed by atoms with Crippen LogP contribution in [0.2, 0.25) is 0 Å². The highest BCUT2D eigenvalue weighted by molar-refractivity contribution is 5.37. The Morgan fingerprint density at radius 3 is 2.50 bits per heavy atom. The fourth-order valence-corrected chi connectivity index (χ4v) is 1.38. The van der Waals surface area contributed by atoms with E-state index in [-0.39, 0.29) is 11.7 Å². The quantitative estimate of drug-likeness (QED) is 0.722. The molecule has 2 nitrogen and oxygen atoms in total. The van der Waals surface area contributed by atoms with E-state index in [9.17, 15) is 10.2 Å². The second kappa shape index (κ2) is 3.84. The van der Waals surface area contributed by atoms with Gasteiger partial charge in [0.15, 0.2) is 0 Å². The summed E-state index contributed by atoms with van der Waals surface area (Å²) < 4.78 is 0. The summed E-state index contributed by atoms with van der Waals surface area (Å²) in [7, 11) is 0. The third-order valence-corrected chi connectivity index (χ3v) is 2.69. The van der Waals surface area contributed by atoms with Crippen LogP contribution in [-0.4, -0.2) is 10.2 Å². The van der Waals surface area contributed by atoms with E-state index in [0.29, 0.717) is 5.56 Å². The van der Waals surface area contributed by atoms with Crippen molar-refractivity contribution in [2.24, 2.45) is 5.92 Å². The maximum Gasteiger partial charge on any atom is 0.121 e. The number of rotatable bonds is 3. The lowest BCUT2D eigenvalue weighted by atomic mass is 9.83. The lowest BCUT2D eigenvalue weighted by molar-refractivity contribution is 0.0184. The van der Waals surface area contributed by atoms with E-state index < -0.39 is 5.60 Å². The lowest BCUT2D eigenvalue weighted by Crippen LogP contribution is -2.28. The number of hydrogen-bond acceptors (Lipinski definition) is 2. The summed E-state index contributed by atoms with van der Waals surface area (Å²) in [5.74, 6) is 0.00185. The molecule has 0 aliphatic rings. The summed E-state index contributed by atoms with van der Waals surface area (Å²) >= 11 is 0. The highest BCUT2D eigenvalue weighted by Crippen LogP contribution is 2.34. The van der Waals surface area contributed by atoms with Crippen LogP contribution in [0.15, 0.2) is 36.9 Å². The normalized spacial score (nSPS) is 17.1. The monoisotopic (exact) mass is 192 g/mol. The van der Waals surface area contributed by atoms with Gasteiger partial charge < -0.3 is 10.2 Å². The van der Waals surface area contributed by atoms with Crippen LogP contribution in [0.3, 0.4) is 0 Å². The number of hydrogen-bond donors (Lipinski definition) is 2. The predicted octanol–water partition coefficient (Wildman–Crippen LogP) is 2.42. The molecule has 0 aliphatic heterocycles. The first-order valence-corrected chi connectivity index (χ1v) is 4.63. The van der Waals surface area contributed by atoms with Gasteiger partial charge in [0.25, 0.3) is 0 Å². The first-order valence-electron chi connectivity index (χ1n) is 4.63. The van der Waals surface area contributed by atoms with E-state index in [1.807, 2.05) is 6.92 Å². The molecule has 1 aromatic carbocycles. The Kier molecular flexibility index (Phi) is 2.96. The topological polar surface area (TPSA) is 40.5 Å². The van der Waals surface area contributed by atoms with Crippen molar-refractivity contribution in [3.63, 3.8) is 0 Å². The van der Waals surface area contributed by atoms with Crippen LogP contribution in [0.25, 0.3) is 0 Å². The molecule has 0 saturated carbocycles. The summed E-state index contributed by atoms with van der Waals surface area (Å²) in [6, 6.07) is 6.81. The van der Waals surface area contributed by atoms with E-state index in [4.69, 9.17) is 0 Å². The van der Waals surface area contributed by atoms with Gasteiger partial charge in [0.1, 0.15) is 5.75 Å². The molecule has 0 aliphatic carbocycles. The van der Waals surface area contributed by atoms with Gasteiger partial charge >= 0.3 is 0 Å². The zero-order valence-corrected chi connectivity index (χ0v) is 8.57. The molecule has 0 spiro atoms. The molecular formula is C12H16O2. The van der Waals surface area contributed by atoms with Gasteiger partial charge in [0, 0.05) is 11.5 Å². The molecule has 0 unspecified atom stereocenters. The first-order chi connectivity index (χ1) is 6.50. The van der Waals surface area contributed by atoms with E-state index in [2.05, 4.69) is 6.58 Å². The van der Waals surface area contributed by atoms with Crippen molar-refractivity contribution in [1.82, 2.24) is 0 Å². The Hall–Kier alpha value is -1.28. The molecule has 0 aromatic heterocycles. The minimum Gasteiger partial charge on any atom is -0.508 e. The van der Waals surface area contributed by atoms with Crippen LogP contribution in [0.4, 0.5) is 0 Å². The molecule has 2 atom stereocenters. The summed E-state index contributed by atoms with van der Waals surface area (Å²) in [5, 5.41) is 19.8.